The average Bonchev–Trinajstić information content (AvgIpc) is 2.99. The van der Waals surface area contributed by atoms with E-state index in [9.17, 15) is 9.18 Å². The molecule has 0 fully saturated rings. The molecule has 130 valence electrons. The van der Waals surface area contributed by atoms with Crippen LogP contribution >= 0.6 is 11.8 Å². The molecule has 0 aliphatic carbocycles. The van der Waals surface area contributed by atoms with Crippen LogP contribution in [0.3, 0.4) is 0 Å². The molecular weight excluding hydrogens is 337 g/mol. The molecule has 3 aromatic rings. The van der Waals surface area contributed by atoms with Gasteiger partial charge in [0.15, 0.2) is 5.16 Å². The van der Waals surface area contributed by atoms with Gasteiger partial charge in [-0.1, -0.05) is 23.9 Å². The predicted octanol–water partition coefficient (Wildman–Crippen LogP) is 4.34. The van der Waals surface area contributed by atoms with E-state index in [2.05, 4.69) is 16.5 Å². The highest BCUT2D eigenvalue weighted by Gasteiger charge is 2.17. The van der Waals surface area contributed by atoms with E-state index < -0.39 is 0 Å². The number of imidazole rings is 1. The molecule has 0 spiro atoms. The van der Waals surface area contributed by atoms with Crippen LogP contribution in [-0.4, -0.2) is 27.8 Å². The zero-order valence-electron chi connectivity index (χ0n) is 14.3. The lowest BCUT2D eigenvalue weighted by Crippen LogP contribution is -2.32. The molecule has 0 aliphatic heterocycles. The van der Waals surface area contributed by atoms with Gasteiger partial charge in [-0.05, 0) is 50.2 Å². The van der Waals surface area contributed by atoms with Crippen molar-refractivity contribution in [1.29, 1.82) is 0 Å². The minimum Gasteiger partial charge on any atom is -0.319 e. The number of aromatic nitrogens is 2. The number of fused-ring (bicyclic) bond motifs is 1. The van der Waals surface area contributed by atoms with Crippen molar-refractivity contribution in [2.75, 3.05) is 17.2 Å². The van der Waals surface area contributed by atoms with Crippen LogP contribution in [0.1, 0.15) is 13.8 Å². The number of benzene rings is 2. The standard InChI is InChI=1S/C19H20FN3OS/c1-3-22(15-11-9-14(20)10-12-15)18(24)13-25-19-21-16-7-5-6-8-17(16)23(19)4-2/h5-12H,3-4,13H2,1-2H3. The van der Waals surface area contributed by atoms with Crippen molar-refractivity contribution in [1.82, 2.24) is 9.55 Å². The second kappa shape index (κ2) is 7.70. The predicted molar refractivity (Wildman–Crippen MR) is 101 cm³/mol. The number of hydrogen-bond donors (Lipinski definition) is 0. The van der Waals surface area contributed by atoms with E-state index >= 15 is 0 Å². The van der Waals surface area contributed by atoms with E-state index in [0.29, 0.717) is 12.2 Å². The normalized spacial score (nSPS) is 11.0. The highest BCUT2D eigenvalue weighted by atomic mass is 32.2. The highest BCUT2D eigenvalue weighted by Crippen LogP contribution is 2.25. The third-order valence-corrected chi connectivity index (χ3v) is 4.98. The summed E-state index contributed by atoms with van der Waals surface area (Å²) in [7, 11) is 0. The molecule has 3 rings (SSSR count). The zero-order valence-corrected chi connectivity index (χ0v) is 15.1. The third-order valence-electron chi connectivity index (χ3n) is 4.02. The molecule has 0 bridgehead atoms. The number of aryl methyl sites for hydroxylation is 1. The molecule has 4 nitrogen and oxygen atoms in total. The number of amides is 1. The van der Waals surface area contributed by atoms with Crippen LogP contribution in [0, 0.1) is 5.82 Å². The first-order valence-corrected chi connectivity index (χ1v) is 9.26. The van der Waals surface area contributed by atoms with Gasteiger partial charge in [0, 0.05) is 18.8 Å². The molecule has 0 aliphatic rings. The van der Waals surface area contributed by atoms with Crippen LogP contribution in [0.2, 0.25) is 0 Å². The first-order chi connectivity index (χ1) is 12.1. The van der Waals surface area contributed by atoms with Gasteiger partial charge in [-0.3, -0.25) is 4.79 Å². The molecular formula is C19H20FN3OS. The van der Waals surface area contributed by atoms with Gasteiger partial charge in [0.2, 0.25) is 5.91 Å². The largest absolute Gasteiger partial charge is 0.319 e. The monoisotopic (exact) mass is 357 g/mol. The van der Waals surface area contributed by atoms with E-state index in [4.69, 9.17) is 0 Å². The summed E-state index contributed by atoms with van der Waals surface area (Å²) in [6.07, 6.45) is 0. The number of carbonyl (C=O) groups is 1. The number of hydrogen-bond acceptors (Lipinski definition) is 3. The maximum Gasteiger partial charge on any atom is 0.237 e. The number of thioether (sulfide) groups is 1. The molecule has 0 saturated carbocycles. The SMILES string of the molecule is CCN(C(=O)CSc1nc2ccccc2n1CC)c1ccc(F)cc1. The Hall–Kier alpha value is -2.34. The van der Waals surface area contributed by atoms with Crippen LogP contribution in [0.4, 0.5) is 10.1 Å². The Morgan fingerprint density at radius 3 is 2.56 bits per heavy atom. The fourth-order valence-electron chi connectivity index (χ4n) is 2.80. The van der Waals surface area contributed by atoms with Crippen LogP contribution in [0.25, 0.3) is 11.0 Å². The molecule has 25 heavy (non-hydrogen) atoms. The van der Waals surface area contributed by atoms with E-state index in [1.807, 2.05) is 31.2 Å². The van der Waals surface area contributed by atoms with Crippen molar-refractivity contribution in [3.8, 4) is 0 Å². The number of rotatable bonds is 6. The fourth-order valence-corrected chi connectivity index (χ4v) is 3.75. The number of halogens is 1. The number of para-hydroxylation sites is 2. The first-order valence-electron chi connectivity index (χ1n) is 8.28. The van der Waals surface area contributed by atoms with E-state index in [1.54, 1.807) is 17.0 Å². The van der Waals surface area contributed by atoms with E-state index in [-0.39, 0.29) is 17.5 Å². The van der Waals surface area contributed by atoms with Gasteiger partial charge in [-0.15, -0.1) is 0 Å². The van der Waals surface area contributed by atoms with Crippen molar-refractivity contribution in [3.63, 3.8) is 0 Å². The quantitative estimate of drug-likeness (QED) is 0.616. The molecule has 6 heteroatoms. The molecule has 1 aromatic heterocycles. The van der Waals surface area contributed by atoms with Gasteiger partial charge < -0.3 is 9.47 Å². The molecule has 2 aromatic carbocycles. The summed E-state index contributed by atoms with van der Waals surface area (Å²) in [4.78, 5) is 18.9. The lowest BCUT2D eigenvalue weighted by molar-refractivity contribution is -0.116. The van der Waals surface area contributed by atoms with Gasteiger partial charge in [0.05, 0.1) is 16.8 Å². The molecule has 1 amide bonds. The number of carbonyl (C=O) groups excluding carboxylic acids is 1. The summed E-state index contributed by atoms with van der Waals surface area (Å²) >= 11 is 1.43. The lowest BCUT2D eigenvalue weighted by atomic mass is 10.3. The summed E-state index contributed by atoms with van der Waals surface area (Å²) < 4.78 is 15.2. The zero-order chi connectivity index (χ0) is 17.8. The second-order valence-corrected chi connectivity index (χ2v) is 6.47. The lowest BCUT2D eigenvalue weighted by Gasteiger charge is -2.20. The Morgan fingerprint density at radius 2 is 1.88 bits per heavy atom. The van der Waals surface area contributed by atoms with Crippen molar-refractivity contribution < 1.29 is 9.18 Å². The molecule has 0 N–H and O–H groups in total. The van der Waals surface area contributed by atoms with Crippen molar-refractivity contribution in [2.45, 2.75) is 25.5 Å². The first kappa shape index (κ1) is 17.5. The molecule has 0 atom stereocenters. The highest BCUT2D eigenvalue weighted by molar-refractivity contribution is 7.99. The Labute approximate surface area is 150 Å². The van der Waals surface area contributed by atoms with Crippen molar-refractivity contribution in [2.24, 2.45) is 0 Å². The summed E-state index contributed by atoms with van der Waals surface area (Å²) in [5, 5.41) is 0.840. The molecule has 0 saturated heterocycles. The summed E-state index contributed by atoms with van der Waals surface area (Å²) in [5.74, 6) is -0.0405. The Bertz CT molecular complexity index is 876. The molecule has 1 heterocycles. The van der Waals surface area contributed by atoms with Crippen molar-refractivity contribution >= 4 is 34.4 Å². The number of nitrogens with zero attached hydrogens (tertiary/aromatic N) is 3. The van der Waals surface area contributed by atoms with E-state index in [0.717, 1.165) is 22.7 Å². The van der Waals surface area contributed by atoms with Gasteiger partial charge in [-0.2, -0.15) is 0 Å². The maximum absolute atomic E-state index is 13.1. The average molecular weight is 357 g/mol. The van der Waals surface area contributed by atoms with Crippen LogP contribution in [0.15, 0.2) is 53.7 Å². The van der Waals surface area contributed by atoms with Crippen LogP contribution in [-0.2, 0) is 11.3 Å². The maximum atomic E-state index is 13.1. The summed E-state index contributed by atoms with van der Waals surface area (Å²) in [5.41, 5.74) is 2.72. The van der Waals surface area contributed by atoms with Gasteiger partial charge in [0.1, 0.15) is 5.82 Å². The third kappa shape index (κ3) is 3.69. The minimum absolute atomic E-state index is 0.0196. The Balaban J connectivity index is 1.76. The fraction of sp³-hybridized carbons (Fsp3) is 0.263. The Morgan fingerprint density at radius 1 is 1.16 bits per heavy atom. The van der Waals surface area contributed by atoms with Crippen LogP contribution < -0.4 is 4.90 Å². The number of anilines is 1. The van der Waals surface area contributed by atoms with Crippen LogP contribution in [0.5, 0.6) is 0 Å². The van der Waals surface area contributed by atoms with Crippen molar-refractivity contribution in [3.05, 3.63) is 54.3 Å². The second-order valence-electron chi connectivity index (χ2n) is 5.53. The summed E-state index contributed by atoms with van der Waals surface area (Å²) in [6, 6.07) is 14.0. The summed E-state index contributed by atoms with van der Waals surface area (Å²) in [6.45, 7) is 5.31. The topological polar surface area (TPSA) is 38.1 Å². The Kier molecular flexibility index (Phi) is 5.38. The van der Waals surface area contributed by atoms with Gasteiger partial charge in [-0.25, -0.2) is 9.37 Å². The molecule has 0 radical (unpaired) electrons. The van der Waals surface area contributed by atoms with E-state index in [1.165, 1.54) is 23.9 Å². The minimum atomic E-state index is -0.307. The van der Waals surface area contributed by atoms with Gasteiger partial charge in [0.25, 0.3) is 0 Å². The smallest absolute Gasteiger partial charge is 0.237 e. The van der Waals surface area contributed by atoms with Gasteiger partial charge >= 0.3 is 0 Å². The molecule has 0 unspecified atom stereocenters.